The van der Waals surface area contributed by atoms with Gasteiger partial charge in [-0.3, -0.25) is 9.47 Å². The lowest BCUT2D eigenvalue weighted by molar-refractivity contribution is 0.0996. The van der Waals surface area contributed by atoms with Crippen LogP contribution in [-0.4, -0.2) is 10.6 Å². The summed E-state index contributed by atoms with van der Waals surface area (Å²) < 4.78 is 1.57. The third-order valence-corrected chi connectivity index (χ3v) is 3.95. The summed E-state index contributed by atoms with van der Waals surface area (Å²) in [5.74, 6) is 5.80. The summed E-state index contributed by atoms with van der Waals surface area (Å²) in [6.07, 6.45) is 1.80. The summed E-state index contributed by atoms with van der Waals surface area (Å²) in [6.45, 7) is 0.573. The quantitative estimate of drug-likeness (QED) is 0.528. The van der Waals surface area contributed by atoms with E-state index in [1.807, 2.05) is 36.4 Å². The van der Waals surface area contributed by atoms with Crippen molar-refractivity contribution in [2.75, 3.05) is 16.5 Å². The van der Waals surface area contributed by atoms with Gasteiger partial charge in [0.25, 0.3) is 5.91 Å². The van der Waals surface area contributed by atoms with Crippen LogP contribution in [-0.2, 0) is 6.54 Å². The fraction of sp³-hybridized carbons (Fsp3) is 0.0625. The van der Waals surface area contributed by atoms with Crippen molar-refractivity contribution in [2.45, 2.75) is 6.54 Å². The standard InChI is InChI=1S/C16H14N4O/c17-12-2-1-11-9-19(16(21)14(11)8-12)13-3-4-15-10(7-13)5-6-20(15)18/h1-8H,9,17-18H2. The molecule has 5 heteroatoms. The van der Waals surface area contributed by atoms with E-state index in [2.05, 4.69) is 0 Å². The first-order valence-electron chi connectivity index (χ1n) is 6.70. The lowest BCUT2D eigenvalue weighted by atomic mass is 10.1. The number of carbonyl (C=O) groups excluding carboxylic acids is 1. The Kier molecular flexibility index (Phi) is 2.27. The molecule has 0 spiro atoms. The Morgan fingerprint density at radius 3 is 2.76 bits per heavy atom. The number of nitrogen functional groups attached to an aromatic ring is 2. The molecule has 1 amide bonds. The SMILES string of the molecule is Nc1ccc2c(c1)C(=O)N(c1ccc3c(ccn3N)c1)C2. The largest absolute Gasteiger partial charge is 0.399 e. The molecular weight excluding hydrogens is 264 g/mol. The fourth-order valence-corrected chi connectivity index (χ4v) is 2.85. The van der Waals surface area contributed by atoms with E-state index in [9.17, 15) is 4.79 Å². The smallest absolute Gasteiger partial charge is 0.259 e. The van der Waals surface area contributed by atoms with Crippen LogP contribution in [0.25, 0.3) is 10.9 Å². The lowest BCUT2D eigenvalue weighted by Crippen LogP contribution is -2.22. The van der Waals surface area contributed by atoms with Crippen LogP contribution >= 0.6 is 0 Å². The molecule has 104 valence electrons. The van der Waals surface area contributed by atoms with E-state index >= 15 is 0 Å². The van der Waals surface area contributed by atoms with Gasteiger partial charge in [0.15, 0.2) is 0 Å². The first-order chi connectivity index (χ1) is 10.1. The van der Waals surface area contributed by atoms with Gasteiger partial charge in [-0.1, -0.05) is 6.07 Å². The van der Waals surface area contributed by atoms with Gasteiger partial charge in [0.05, 0.1) is 12.1 Å². The number of hydrogen-bond acceptors (Lipinski definition) is 3. The highest BCUT2D eigenvalue weighted by Crippen LogP contribution is 2.31. The van der Waals surface area contributed by atoms with Gasteiger partial charge in [-0.25, -0.2) is 0 Å². The van der Waals surface area contributed by atoms with Crippen LogP contribution in [0.2, 0.25) is 0 Å². The van der Waals surface area contributed by atoms with Crippen molar-refractivity contribution in [2.24, 2.45) is 0 Å². The molecule has 0 bridgehead atoms. The van der Waals surface area contributed by atoms with E-state index in [1.165, 1.54) is 0 Å². The van der Waals surface area contributed by atoms with Crippen LogP contribution in [0.5, 0.6) is 0 Å². The zero-order valence-corrected chi connectivity index (χ0v) is 11.3. The maximum absolute atomic E-state index is 12.5. The van der Waals surface area contributed by atoms with Crippen molar-refractivity contribution in [1.82, 2.24) is 4.68 Å². The summed E-state index contributed by atoms with van der Waals surface area (Å²) in [4.78, 5) is 14.3. The van der Waals surface area contributed by atoms with Crippen molar-refractivity contribution < 1.29 is 4.79 Å². The summed E-state index contributed by atoms with van der Waals surface area (Å²) in [5, 5.41) is 1.01. The number of anilines is 2. The molecular formula is C16H14N4O. The Morgan fingerprint density at radius 1 is 1.05 bits per heavy atom. The predicted octanol–water partition coefficient (Wildman–Crippen LogP) is 2.10. The second kappa shape index (κ2) is 4.02. The number of rotatable bonds is 1. The Labute approximate surface area is 121 Å². The van der Waals surface area contributed by atoms with Crippen LogP contribution in [0, 0.1) is 0 Å². The molecule has 4 N–H and O–H groups in total. The maximum Gasteiger partial charge on any atom is 0.259 e. The molecule has 4 rings (SSSR count). The molecule has 21 heavy (non-hydrogen) atoms. The van der Waals surface area contributed by atoms with Gasteiger partial charge in [-0.15, -0.1) is 0 Å². The monoisotopic (exact) mass is 278 g/mol. The zero-order valence-electron chi connectivity index (χ0n) is 11.3. The van der Waals surface area contributed by atoms with Crippen LogP contribution in [0.1, 0.15) is 15.9 Å². The number of carbonyl (C=O) groups is 1. The lowest BCUT2D eigenvalue weighted by Gasteiger charge is -2.16. The molecule has 0 atom stereocenters. The summed E-state index contributed by atoms with van der Waals surface area (Å²) >= 11 is 0. The number of nitrogens with zero attached hydrogens (tertiary/aromatic N) is 2. The van der Waals surface area contributed by atoms with Gasteiger partial charge >= 0.3 is 0 Å². The van der Waals surface area contributed by atoms with Crippen molar-refractivity contribution >= 4 is 28.2 Å². The number of aromatic nitrogens is 1. The average Bonchev–Trinajstić information content (AvgIpc) is 3.01. The molecule has 0 aliphatic carbocycles. The van der Waals surface area contributed by atoms with Crippen LogP contribution in [0.15, 0.2) is 48.7 Å². The molecule has 0 saturated heterocycles. The van der Waals surface area contributed by atoms with Crippen LogP contribution < -0.4 is 16.5 Å². The molecule has 1 aliphatic rings. The number of benzene rings is 2. The van der Waals surface area contributed by atoms with Crippen molar-refractivity contribution in [3.8, 4) is 0 Å². The number of fused-ring (bicyclic) bond motifs is 2. The second-order valence-electron chi connectivity index (χ2n) is 5.27. The normalized spacial score (nSPS) is 13.9. The topological polar surface area (TPSA) is 77.3 Å². The minimum Gasteiger partial charge on any atom is -0.399 e. The van der Waals surface area contributed by atoms with E-state index in [0.717, 1.165) is 22.2 Å². The minimum atomic E-state index is -0.0103. The third kappa shape index (κ3) is 1.67. The zero-order chi connectivity index (χ0) is 14.6. The molecule has 2 aromatic carbocycles. The molecule has 1 aromatic heterocycles. The summed E-state index contributed by atoms with van der Waals surface area (Å²) in [5.41, 5.74) is 9.88. The molecule has 3 aromatic rings. The molecule has 0 radical (unpaired) electrons. The Hall–Kier alpha value is -2.95. The van der Waals surface area contributed by atoms with Crippen molar-refractivity contribution in [3.63, 3.8) is 0 Å². The highest BCUT2D eigenvalue weighted by Gasteiger charge is 2.28. The molecule has 0 saturated carbocycles. The highest BCUT2D eigenvalue weighted by molar-refractivity contribution is 6.11. The maximum atomic E-state index is 12.5. The Balaban J connectivity index is 1.78. The van der Waals surface area contributed by atoms with Crippen molar-refractivity contribution in [1.29, 1.82) is 0 Å². The predicted molar refractivity (Wildman–Crippen MR) is 83.5 cm³/mol. The molecule has 1 aliphatic heterocycles. The fourth-order valence-electron chi connectivity index (χ4n) is 2.85. The van der Waals surface area contributed by atoms with Gasteiger partial charge in [0.2, 0.25) is 0 Å². The van der Waals surface area contributed by atoms with E-state index in [-0.39, 0.29) is 5.91 Å². The minimum absolute atomic E-state index is 0.0103. The van der Waals surface area contributed by atoms with E-state index in [4.69, 9.17) is 11.6 Å². The van der Waals surface area contributed by atoms with Gasteiger partial charge in [0, 0.05) is 28.5 Å². The molecule has 0 fully saturated rings. The summed E-state index contributed by atoms with van der Waals surface area (Å²) in [7, 11) is 0. The van der Waals surface area contributed by atoms with E-state index < -0.39 is 0 Å². The molecule has 0 unspecified atom stereocenters. The number of amides is 1. The Morgan fingerprint density at radius 2 is 1.90 bits per heavy atom. The van der Waals surface area contributed by atoms with Gasteiger partial charge < -0.3 is 16.5 Å². The van der Waals surface area contributed by atoms with Gasteiger partial charge in [-0.05, 0) is 42.0 Å². The molecule has 2 heterocycles. The first-order valence-corrected chi connectivity index (χ1v) is 6.70. The first kappa shape index (κ1) is 11.8. The number of nitrogens with two attached hydrogens (primary N) is 2. The van der Waals surface area contributed by atoms with Crippen LogP contribution in [0.3, 0.4) is 0 Å². The highest BCUT2D eigenvalue weighted by atomic mass is 16.2. The van der Waals surface area contributed by atoms with E-state index in [0.29, 0.717) is 17.8 Å². The van der Waals surface area contributed by atoms with Gasteiger partial charge in [-0.2, -0.15) is 0 Å². The third-order valence-electron chi connectivity index (χ3n) is 3.95. The average molecular weight is 278 g/mol. The molecule has 5 nitrogen and oxygen atoms in total. The van der Waals surface area contributed by atoms with Gasteiger partial charge in [0.1, 0.15) is 0 Å². The Bertz CT molecular complexity index is 881. The van der Waals surface area contributed by atoms with E-state index in [1.54, 1.807) is 21.8 Å². The van der Waals surface area contributed by atoms with Crippen LogP contribution in [0.4, 0.5) is 11.4 Å². The number of hydrogen-bond donors (Lipinski definition) is 2. The summed E-state index contributed by atoms with van der Waals surface area (Å²) in [6, 6.07) is 13.2. The van der Waals surface area contributed by atoms with Crippen molar-refractivity contribution in [3.05, 3.63) is 59.8 Å². The second-order valence-corrected chi connectivity index (χ2v) is 5.27.